The summed E-state index contributed by atoms with van der Waals surface area (Å²) in [6.07, 6.45) is 7.22. The normalized spacial score (nSPS) is 10.4. The Morgan fingerprint density at radius 3 is 2.45 bits per heavy atom. The molecule has 0 N–H and O–H groups in total. The topological polar surface area (TPSA) is 0 Å². The van der Waals surface area contributed by atoms with Gasteiger partial charge in [0.15, 0.2) is 0 Å². The van der Waals surface area contributed by atoms with Gasteiger partial charge in [-0.05, 0) is 25.4 Å². The van der Waals surface area contributed by atoms with Crippen molar-refractivity contribution < 1.29 is 0 Å². The zero-order valence-corrected chi connectivity index (χ0v) is 8.21. The third-order valence-electron chi connectivity index (χ3n) is 1.23. The Kier molecular flexibility index (Phi) is 6.05. The van der Waals surface area contributed by atoms with E-state index in [1.165, 1.54) is 5.57 Å². The average molecular weight is 168 g/mol. The van der Waals surface area contributed by atoms with Crippen LogP contribution in [-0.2, 0) is 0 Å². The number of hydrogen-bond acceptors (Lipinski definition) is 1. The van der Waals surface area contributed by atoms with E-state index in [1.54, 1.807) is 0 Å². The minimum atomic E-state index is 1.07. The van der Waals surface area contributed by atoms with Crippen molar-refractivity contribution in [3.05, 3.63) is 36.5 Å². The van der Waals surface area contributed by atoms with Gasteiger partial charge in [-0.1, -0.05) is 36.5 Å². The molecule has 0 aliphatic carbocycles. The molecule has 1 heteroatoms. The maximum absolute atomic E-state index is 3.92. The summed E-state index contributed by atoms with van der Waals surface area (Å²) in [5.74, 6) is 1.15. The van der Waals surface area contributed by atoms with Gasteiger partial charge in [-0.15, -0.1) is 0 Å². The molecule has 0 heterocycles. The molecule has 0 rings (SSSR count). The van der Waals surface area contributed by atoms with Gasteiger partial charge in [0.1, 0.15) is 0 Å². The SMILES string of the molecule is C=C(C)/C=C\C(=C)CCSC. The molecule has 0 saturated carbocycles. The predicted molar refractivity (Wildman–Crippen MR) is 56.1 cm³/mol. The summed E-state index contributed by atoms with van der Waals surface area (Å²) in [4.78, 5) is 0. The Labute approximate surface area is 74.1 Å². The van der Waals surface area contributed by atoms with E-state index in [4.69, 9.17) is 0 Å². The number of allylic oxidation sites excluding steroid dienone is 4. The summed E-state index contributed by atoms with van der Waals surface area (Å²) < 4.78 is 0. The second kappa shape index (κ2) is 6.29. The van der Waals surface area contributed by atoms with E-state index >= 15 is 0 Å². The van der Waals surface area contributed by atoms with Crippen LogP contribution in [0, 0.1) is 0 Å². The highest BCUT2D eigenvalue weighted by Crippen LogP contribution is 2.06. The molecule has 0 atom stereocenters. The van der Waals surface area contributed by atoms with Crippen LogP contribution in [0.1, 0.15) is 13.3 Å². The van der Waals surface area contributed by atoms with Gasteiger partial charge in [-0.25, -0.2) is 0 Å². The van der Waals surface area contributed by atoms with Crippen LogP contribution >= 0.6 is 11.8 Å². The molecule has 0 fully saturated rings. The zero-order chi connectivity index (χ0) is 8.69. The Balaban J connectivity index is 3.60. The summed E-state index contributed by atoms with van der Waals surface area (Å²) in [5, 5.41) is 0. The first-order valence-corrected chi connectivity index (χ1v) is 5.06. The van der Waals surface area contributed by atoms with Crippen molar-refractivity contribution in [2.75, 3.05) is 12.0 Å². The van der Waals surface area contributed by atoms with Gasteiger partial charge in [0.25, 0.3) is 0 Å². The molecule has 0 saturated heterocycles. The van der Waals surface area contributed by atoms with E-state index in [0.717, 1.165) is 17.7 Å². The first-order valence-electron chi connectivity index (χ1n) is 3.67. The van der Waals surface area contributed by atoms with Gasteiger partial charge >= 0.3 is 0 Å². The highest BCUT2D eigenvalue weighted by molar-refractivity contribution is 7.98. The van der Waals surface area contributed by atoms with Crippen LogP contribution in [0.2, 0.25) is 0 Å². The Morgan fingerprint density at radius 2 is 2.00 bits per heavy atom. The quantitative estimate of drug-likeness (QED) is 0.567. The fraction of sp³-hybridized carbons (Fsp3) is 0.400. The van der Waals surface area contributed by atoms with Crippen molar-refractivity contribution in [1.29, 1.82) is 0 Å². The van der Waals surface area contributed by atoms with Crippen LogP contribution in [0.15, 0.2) is 36.5 Å². The molecule has 62 valence electrons. The van der Waals surface area contributed by atoms with E-state index in [0.29, 0.717) is 0 Å². The maximum atomic E-state index is 3.92. The van der Waals surface area contributed by atoms with E-state index in [9.17, 15) is 0 Å². The summed E-state index contributed by atoms with van der Waals surface area (Å²) in [7, 11) is 0. The van der Waals surface area contributed by atoms with Crippen molar-refractivity contribution in [1.82, 2.24) is 0 Å². The molecule has 0 bridgehead atoms. The lowest BCUT2D eigenvalue weighted by Gasteiger charge is -1.96. The summed E-state index contributed by atoms with van der Waals surface area (Å²) in [6.45, 7) is 9.68. The molecule has 0 aromatic rings. The molecule has 0 aromatic heterocycles. The standard InChI is InChI=1S/C10H16S/c1-9(2)5-6-10(3)7-8-11-4/h5-6H,1,3,7-8H2,2,4H3/b6-5-. The van der Waals surface area contributed by atoms with Crippen LogP contribution in [0.3, 0.4) is 0 Å². The third-order valence-corrected chi connectivity index (χ3v) is 1.84. The molecule has 0 aromatic carbocycles. The number of hydrogen-bond donors (Lipinski definition) is 0. The monoisotopic (exact) mass is 168 g/mol. The minimum Gasteiger partial charge on any atom is -0.165 e. The Morgan fingerprint density at radius 1 is 1.36 bits per heavy atom. The van der Waals surface area contributed by atoms with Crippen LogP contribution < -0.4 is 0 Å². The van der Waals surface area contributed by atoms with Crippen LogP contribution in [0.4, 0.5) is 0 Å². The second-order valence-corrected chi connectivity index (χ2v) is 3.57. The number of rotatable bonds is 5. The second-order valence-electron chi connectivity index (χ2n) is 2.58. The smallest absolute Gasteiger partial charge is 0.00300 e. The first-order chi connectivity index (χ1) is 5.16. The van der Waals surface area contributed by atoms with Crippen molar-refractivity contribution >= 4 is 11.8 Å². The Bertz CT molecular complexity index is 166. The first kappa shape index (κ1) is 10.6. The van der Waals surface area contributed by atoms with E-state index in [2.05, 4.69) is 19.4 Å². The van der Waals surface area contributed by atoms with E-state index in [-0.39, 0.29) is 0 Å². The van der Waals surface area contributed by atoms with Crippen LogP contribution in [0.5, 0.6) is 0 Å². The average Bonchev–Trinajstić information content (AvgIpc) is 1.97. The molecule has 0 aliphatic rings. The molecular formula is C10H16S. The van der Waals surface area contributed by atoms with Gasteiger partial charge in [-0.3, -0.25) is 0 Å². The fourth-order valence-electron chi connectivity index (χ4n) is 0.577. The summed E-state index contributed by atoms with van der Waals surface area (Å²) in [6, 6.07) is 0. The van der Waals surface area contributed by atoms with Crippen molar-refractivity contribution in [2.45, 2.75) is 13.3 Å². The molecule has 0 spiro atoms. The van der Waals surface area contributed by atoms with Crippen LogP contribution in [0.25, 0.3) is 0 Å². The lowest BCUT2D eigenvalue weighted by Crippen LogP contribution is -1.79. The summed E-state index contributed by atoms with van der Waals surface area (Å²) in [5.41, 5.74) is 2.26. The minimum absolute atomic E-state index is 1.07. The molecule has 11 heavy (non-hydrogen) atoms. The maximum Gasteiger partial charge on any atom is -0.00300 e. The van der Waals surface area contributed by atoms with E-state index in [1.807, 2.05) is 30.8 Å². The van der Waals surface area contributed by atoms with Gasteiger partial charge < -0.3 is 0 Å². The molecular weight excluding hydrogens is 152 g/mol. The van der Waals surface area contributed by atoms with Gasteiger partial charge in [-0.2, -0.15) is 11.8 Å². The van der Waals surface area contributed by atoms with Gasteiger partial charge in [0.05, 0.1) is 0 Å². The summed E-state index contributed by atoms with van der Waals surface area (Å²) >= 11 is 1.85. The fourth-order valence-corrected chi connectivity index (χ4v) is 1.04. The predicted octanol–water partition coefficient (Wildman–Crippen LogP) is 3.43. The Hall–Kier alpha value is -0.430. The van der Waals surface area contributed by atoms with Crippen molar-refractivity contribution in [2.24, 2.45) is 0 Å². The molecule has 0 nitrogen and oxygen atoms in total. The van der Waals surface area contributed by atoms with Crippen LogP contribution in [-0.4, -0.2) is 12.0 Å². The molecule has 0 amide bonds. The van der Waals surface area contributed by atoms with Gasteiger partial charge in [0.2, 0.25) is 0 Å². The highest BCUT2D eigenvalue weighted by atomic mass is 32.2. The molecule has 0 unspecified atom stereocenters. The largest absolute Gasteiger partial charge is 0.165 e. The lowest BCUT2D eigenvalue weighted by molar-refractivity contribution is 1.18. The molecule has 0 radical (unpaired) electrons. The third kappa shape index (κ3) is 7.47. The highest BCUT2D eigenvalue weighted by Gasteiger charge is 1.86. The van der Waals surface area contributed by atoms with Crippen molar-refractivity contribution in [3.63, 3.8) is 0 Å². The van der Waals surface area contributed by atoms with E-state index < -0.39 is 0 Å². The van der Waals surface area contributed by atoms with Gasteiger partial charge in [0, 0.05) is 0 Å². The van der Waals surface area contributed by atoms with Crippen molar-refractivity contribution in [3.8, 4) is 0 Å². The zero-order valence-electron chi connectivity index (χ0n) is 7.39. The molecule has 0 aliphatic heterocycles. The lowest BCUT2D eigenvalue weighted by atomic mass is 10.2. The number of thioether (sulfide) groups is 1.